The number of carbonyl (C=O) groups is 2. The molecule has 3 amide bonds. The summed E-state index contributed by atoms with van der Waals surface area (Å²) >= 11 is 0. The molecule has 2 aromatic rings. The Labute approximate surface area is 187 Å². The molecule has 0 spiro atoms. The van der Waals surface area contributed by atoms with Gasteiger partial charge in [0, 0.05) is 35.8 Å². The smallest absolute Gasteiger partial charge is 0.311 e. The number of aryl methyl sites for hydroxylation is 2. The van der Waals surface area contributed by atoms with Crippen LogP contribution in [0, 0.1) is 18.8 Å². The van der Waals surface area contributed by atoms with Crippen molar-refractivity contribution in [1.29, 1.82) is 0 Å². The monoisotopic (exact) mass is 440 g/mol. The first-order chi connectivity index (χ1) is 15.3. The van der Waals surface area contributed by atoms with Crippen molar-refractivity contribution in [3.63, 3.8) is 0 Å². The van der Waals surface area contributed by atoms with Gasteiger partial charge in [0.25, 0.3) is 5.56 Å². The lowest BCUT2D eigenvalue weighted by Gasteiger charge is -2.34. The number of aromatic nitrogens is 2. The van der Waals surface area contributed by atoms with Gasteiger partial charge in [-0.3, -0.25) is 30.5 Å². The third-order valence-corrected chi connectivity index (χ3v) is 6.80. The van der Waals surface area contributed by atoms with E-state index in [4.69, 9.17) is 0 Å². The molecule has 3 unspecified atom stereocenters. The van der Waals surface area contributed by atoms with Crippen LogP contribution in [0.4, 0.5) is 4.79 Å². The predicted molar refractivity (Wildman–Crippen MR) is 122 cm³/mol. The molecule has 2 fully saturated rings. The van der Waals surface area contributed by atoms with E-state index < -0.39 is 6.03 Å². The van der Waals surface area contributed by atoms with Gasteiger partial charge in [-0.15, -0.1) is 0 Å². The first-order valence-electron chi connectivity index (χ1n) is 11.4. The Balaban J connectivity index is 1.49. The third kappa shape index (κ3) is 4.68. The lowest BCUT2D eigenvalue weighted by Crippen LogP contribution is -2.60. The van der Waals surface area contributed by atoms with Crippen molar-refractivity contribution in [3.8, 4) is 0 Å². The van der Waals surface area contributed by atoms with Gasteiger partial charge in [-0.1, -0.05) is 6.92 Å². The van der Waals surface area contributed by atoms with Gasteiger partial charge in [-0.25, -0.2) is 4.79 Å². The Kier molecular flexibility index (Phi) is 6.57. The molecule has 1 aliphatic heterocycles. The maximum absolute atomic E-state index is 13.2. The van der Waals surface area contributed by atoms with Crippen LogP contribution in [-0.2, 0) is 11.8 Å². The second-order valence-electron chi connectivity index (χ2n) is 9.10. The average molecular weight is 441 g/mol. The standard InChI is InChI=1S/C23H32N6O3/c1-13-5-6-15(20(30)27-23(32)28-22-24-7-4-8-25-22)10-17(13)18-11-16-12-26-14(2)9-19(16)29(3)21(18)31/h9,11-13,15,17,22,24-25H,4-8,10H2,1-3H3,(H2,27,28,30,32). The minimum Gasteiger partial charge on any atom is -0.311 e. The maximum Gasteiger partial charge on any atom is 0.323 e. The van der Waals surface area contributed by atoms with Gasteiger partial charge in [0.05, 0.1) is 5.52 Å². The van der Waals surface area contributed by atoms with E-state index in [1.165, 1.54) is 0 Å². The number of pyridine rings is 2. The number of imide groups is 1. The number of nitrogens with one attached hydrogen (secondary N) is 4. The van der Waals surface area contributed by atoms with Crippen LogP contribution in [0.1, 0.15) is 49.8 Å². The van der Waals surface area contributed by atoms with E-state index in [-0.39, 0.29) is 35.5 Å². The van der Waals surface area contributed by atoms with Crippen molar-refractivity contribution in [2.45, 2.75) is 51.7 Å². The number of rotatable bonds is 3. The molecule has 4 N–H and O–H groups in total. The number of urea groups is 1. The topological polar surface area (TPSA) is 117 Å². The van der Waals surface area contributed by atoms with E-state index in [1.807, 2.05) is 19.1 Å². The number of nitrogens with zero attached hydrogens (tertiary/aromatic N) is 2. The highest BCUT2D eigenvalue weighted by molar-refractivity contribution is 5.95. The molecule has 2 aromatic heterocycles. The van der Waals surface area contributed by atoms with Crippen molar-refractivity contribution in [3.05, 3.63) is 39.9 Å². The zero-order valence-corrected chi connectivity index (χ0v) is 18.9. The number of hydrogen-bond acceptors (Lipinski definition) is 6. The van der Waals surface area contributed by atoms with Crippen LogP contribution in [0.5, 0.6) is 0 Å². The summed E-state index contributed by atoms with van der Waals surface area (Å²) in [5, 5.41) is 12.4. The molecule has 32 heavy (non-hydrogen) atoms. The first-order valence-corrected chi connectivity index (χ1v) is 11.4. The Hall–Kier alpha value is -2.78. The Morgan fingerprint density at radius 1 is 1.19 bits per heavy atom. The summed E-state index contributed by atoms with van der Waals surface area (Å²) in [5.41, 5.74) is 2.40. The molecule has 3 heterocycles. The van der Waals surface area contributed by atoms with Crippen molar-refractivity contribution >= 4 is 22.8 Å². The number of amides is 3. The summed E-state index contributed by atoms with van der Waals surface area (Å²) in [5.74, 6) is -0.378. The lowest BCUT2D eigenvalue weighted by molar-refractivity contribution is -0.125. The van der Waals surface area contributed by atoms with Gasteiger partial charge in [0.15, 0.2) is 0 Å². The van der Waals surface area contributed by atoms with Gasteiger partial charge in [-0.2, -0.15) is 0 Å². The molecular weight excluding hydrogens is 408 g/mol. The molecule has 9 nitrogen and oxygen atoms in total. The van der Waals surface area contributed by atoms with Gasteiger partial charge in [0.2, 0.25) is 5.91 Å². The Morgan fingerprint density at radius 3 is 2.69 bits per heavy atom. The largest absolute Gasteiger partial charge is 0.323 e. The van der Waals surface area contributed by atoms with E-state index >= 15 is 0 Å². The zero-order chi connectivity index (χ0) is 22.8. The second kappa shape index (κ2) is 9.38. The predicted octanol–water partition coefficient (Wildman–Crippen LogP) is 1.45. The molecule has 1 saturated carbocycles. The van der Waals surface area contributed by atoms with E-state index in [0.717, 1.165) is 48.1 Å². The fourth-order valence-corrected chi connectivity index (χ4v) is 4.89. The molecule has 0 bridgehead atoms. The summed E-state index contributed by atoms with van der Waals surface area (Å²) in [4.78, 5) is 42.7. The van der Waals surface area contributed by atoms with Crippen molar-refractivity contribution in [2.75, 3.05) is 13.1 Å². The number of hydrogen-bond donors (Lipinski definition) is 4. The highest BCUT2D eigenvalue weighted by Crippen LogP contribution is 2.40. The van der Waals surface area contributed by atoms with Crippen molar-refractivity contribution in [1.82, 2.24) is 30.8 Å². The third-order valence-electron chi connectivity index (χ3n) is 6.80. The van der Waals surface area contributed by atoms with Crippen LogP contribution >= 0.6 is 0 Å². The van der Waals surface area contributed by atoms with Crippen LogP contribution in [0.3, 0.4) is 0 Å². The summed E-state index contributed by atoms with van der Waals surface area (Å²) in [6.45, 7) is 5.65. The molecule has 0 aromatic carbocycles. The fraction of sp³-hybridized carbons (Fsp3) is 0.565. The lowest BCUT2D eigenvalue weighted by atomic mass is 9.71. The molecule has 3 atom stereocenters. The van der Waals surface area contributed by atoms with Gasteiger partial charge >= 0.3 is 6.03 Å². The van der Waals surface area contributed by atoms with Crippen molar-refractivity contribution in [2.24, 2.45) is 18.9 Å². The molecule has 9 heteroatoms. The van der Waals surface area contributed by atoms with E-state index in [2.05, 4.69) is 33.2 Å². The second-order valence-corrected chi connectivity index (χ2v) is 9.10. The number of carbonyl (C=O) groups excluding carboxylic acids is 2. The summed E-state index contributed by atoms with van der Waals surface area (Å²) in [6.07, 6.45) is 4.51. The number of fused-ring (bicyclic) bond motifs is 1. The molecule has 4 rings (SSSR count). The highest BCUT2D eigenvalue weighted by Gasteiger charge is 2.35. The molecule has 1 aliphatic carbocycles. The quantitative estimate of drug-likeness (QED) is 0.574. The van der Waals surface area contributed by atoms with E-state index in [1.54, 1.807) is 17.8 Å². The summed E-state index contributed by atoms with van der Waals surface area (Å²) < 4.78 is 1.67. The molecule has 1 saturated heterocycles. The van der Waals surface area contributed by atoms with E-state index in [0.29, 0.717) is 12.8 Å². The normalized spacial score (nSPS) is 24.3. The fourth-order valence-electron chi connectivity index (χ4n) is 4.89. The van der Waals surface area contributed by atoms with Gasteiger partial charge in [0.1, 0.15) is 6.29 Å². The molecule has 0 radical (unpaired) electrons. The van der Waals surface area contributed by atoms with Crippen LogP contribution in [0.2, 0.25) is 0 Å². The van der Waals surface area contributed by atoms with E-state index in [9.17, 15) is 14.4 Å². The van der Waals surface area contributed by atoms with Crippen LogP contribution < -0.4 is 26.8 Å². The SMILES string of the molecule is Cc1cc2c(cn1)cc(C1CC(C(=O)NC(=O)NC3NCCCN3)CCC1C)c(=O)n2C. The minimum absolute atomic E-state index is 0.0341. The molecular formula is C23H32N6O3. The minimum atomic E-state index is -0.514. The maximum atomic E-state index is 13.2. The Bertz CT molecular complexity index is 1080. The van der Waals surface area contributed by atoms with Crippen LogP contribution in [-0.4, -0.2) is 40.9 Å². The molecule has 172 valence electrons. The zero-order valence-electron chi connectivity index (χ0n) is 18.9. The molecule has 2 aliphatic rings. The summed E-state index contributed by atoms with van der Waals surface area (Å²) in [6, 6.07) is 3.33. The highest BCUT2D eigenvalue weighted by atomic mass is 16.2. The average Bonchev–Trinajstić information content (AvgIpc) is 2.77. The Morgan fingerprint density at radius 2 is 1.94 bits per heavy atom. The first kappa shape index (κ1) is 22.4. The van der Waals surface area contributed by atoms with Gasteiger partial charge in [-0.05, 0) is 69.7 Å². The van der Waals surface area contributed by atoms with Crippen LogP contribution in [0.25, 0.3) is 10.9 Å². The van der Waals surface area contributed by atoms with Gasteiger partial charge < -0.3 is 9.88 Å². The van der Waals surface area contributed by atoms with Crippen LogP contribution in [0.15, 0.2) is 23.1 Å². The summed E-state index contributed by atoms with van der Waals surface area (Å²) in [7, 11) is 1.78. The van der Waals surface area contributed by atoms with Crippen molar-refractivity contribution < 1.29 is 9.59 Å².